The fourth-order valence-corrected chi connectivity index (χ4v) is 0.796. The van der Waals surface area contributed by atoms with E-state index in [2.05, 4.69) is 11.3 Å². The number of esters is 1. The van der Waals surface area contributed by atoms with E-state index in [1.807, 2.05) is 0 Å². The fourth-order valence-electron chi connectivity index (χ4n) is 0.796. The number of unbranched alkanes of at least 4 members (excludes halogenated alkanes) is 1. The second kappa shape index (κ2) is 6.82. The molecule has 0 aliphatic rings. The van der Waals surface area contributed by atoms with Crippen molar-refractivity contribution in [3.8, 4) is 0 Å². The maximum Gasteiger partial charge on any atom is 0.327 e. The minimum absolute atomic E-state index is 0.429. The molecule has 0 saturated carbocycles. The Balaban J connectivity index is 3.49. The summed E-state index contributed by atoms with van der Waals surface area (Å²) >= 11 is 0. The zero-order valence-corrected chi connectivity index (χ0v) is 7.16. The largest absolute Gasteiger partial charge is 0.434 e. The second-order valence-electron chi connectivity index (χ2n) is 2.49. The molecular weight excluding hydrogens is 156 g/mol. The van der Waals surface area contributed by atoms with Crippen LogP contribution in [0.15, 0.2) is 12.8 Å². The van der Waals surface area contributed by atoms with Crippen molar-refractivity contribution in [3.63, 3.8) is 0 Å². The summed E-state index contributed by atoms with van der Waals surface area (Å²) in [5.41, 5.74) is 10.8. The highest BCUT2D eigenvalue weighted by Crippen LogP contribution is 1.99. The van der Waals surface area contributed by atoms with Crippen molar-refractivity contribution in [2.24, 2.45) is 11.5 Å². The van der Waals surface area contributed by atoms with Gasteiger partial charge >= 0.3 is 5.97 Å². The summed E-state index contributed by atoms with van der Waals surface area (Å²) in [6.45, 7) is 3.89. The molecule has 0 aliphatic heterocycles. The molecule has 1 atom stereocenters. The normalized spacial score (nSPS) is 12.2. The van der Waals surface area contributed by atoms with Gasteiger partial charge < -0.3 is 16.2 Å². The Morgan fingerprint density at radius 1 is 1.58 bits per heavy atom. The Hall–Kier alpha value is -0.870. The summed E-state index contributed by atoms with van der Waals surface area (Å²) in [5, 5.41) is 0. The van der Waals surface area contributed by atoms with E-state index in [-0.39, 0.29) is 0 Å². The summed E-state index contributed by atoms with van der Waals surface area (Å²) in [7, 11) is 0. The highest BCUT2D eigenvalue weighted by Gasteiger charge is 2.12. The van der Waals surface area contributed by atoms with Gasteiger partial charge in [0.1, 0.15) is 6.04 Å². The molecule has 0 bridgehead atoms. The van der Waals surface area contributed by atoms with Gasteiger partial charge in [-0.3, -0.25) is 0 Å². The van der Waals surface area contributed by atoms with Crippen LogP contribution in [0.25, 0.3) is 0 Å². The summed E-state index contributed by atoms with van der Waals surface area (Å²) in [4.78, 5) is 10.9. The van der Waals surface area contributed by atoms with E-state index < -0.39 is 12.0 Å². The van der Waals surface area contributed by atoms with E-state index in [1.54, 1.807) is 0 Å². The molecule has 0 aromatic rings. The van der Waals surface area contributed by atoms with Gasteiger partial charge in [-0.1, -0.05) is 13.0 Å². The highest BCUT2D eigenvalue weighted by molar-refractivity contribution is 5.75. The molecule has 0 radical (unpaired) electrons. The summed E-state index contributed by atoms with van der Waals surface area (Å²) in [6.07, 6.45) is 3.44. The van der Waals surface area contributed by atoms with Crippen LogP contribution in [-0.4, -0.2) is 18.6 Å². The average molecular weight is 172 g/mol. The number of rotatable bonds is 6. The van der Waals surface area contributed by atoms with E-state index >= 15 is 0 Å². The lowest BCUT2D eigenvalue weighted by molar-refractivity contribution is -0.139. The second-order valence-corrected chi connectivity index (χ2v) is 2.49. The van der Waals surface area contributed by atoms with E-state index in [1.165, 1.54) is 0 Å². The Morgan fingerprint density at radius 3 is 2.75 bits per heavy atom. The number of carbonyl (C=O) groups is 1. The SMILES string of the molecule is C=COC(=O)[C@@H](N)CCCCN. The van der Waals surface area contributed by atoms with Crippen LogP contribution in [0, 0.1) is 0 Å². The summed E-state index contributed by atoms with van der Waals surface area (Å²) in [5.74, 6) is -0.429. The first-order chi connectivity index (χ1) is 5.72. The van der Waals surface area contributed by atoms with Crippen LogP contribution in [0.2, 0.25) is 0 Å². The molecule has 0 heterocycles. The topological polar surface area (TPSA) is 78.3 Å². The van der Waals surface area contributed by atoms with Crippen LogP contribution in [0.5, 0.6) is 0 Å². The molecule has 0 spiro atoms. The minimum Gasteiger partial charge on any atom is -0.434 e. The van der Waals surface area contributed by atoms with Crippen LogP contribution < -0.4 is 11.5 Å². The molecule has 70 valence electrons. The predicted octanol–water partition coefficient (Wildman–Crippen LogP) is 0.129. The monoisotopic (exact) mass is 172 g/mol. The molecule has 0 rings (SSSR count). The average Bonchev–Trinajstić information content (AvgIpc) is 2.05. The molecule has 4 N–H and O–H groups in total. The Labute approximate surface area is 72.6 Å². The Bertz CT molecular complexity index is 148. The smallest absolute Gasteiger partial charge is 0.327 e. The third-order valence-corrected chi connectivity index (χ3v) is 1.47. The quantitative estimate of drug-likeness (QED) is 0.339. The van der Waals surface area contributed by atoms with Crippen molar-refractivity contribution >= 4 is 5.97 Å². The molecule has 12 heavy (non-hydrogen) atoms. The summed E-state index contributed by atoms with van der Waals surface area (Å²) < 4.78 is 4.50. The first-order valence-corrected chi connectivity index (χ1v) is 3.99. The molecule has 0 fully saturated rings. The molecular formula is C8H16N2O2. The van der Waals surface area contributed by atoms with Gasteiger partial charge in [0.25, 0.3) is 0 Å². The van der Waals surface area contributed by atoms with Crippen LogP contribution >= 0.6 is 0 Å². The van der Waals surface area contributed by atoms with Crippen LogP contribution in [0.1, 0.15) is 19.3 Å². The van der Waals surface area contributed by atoms with Gasteiger partial charge in [-0.05, 0) is 19.4 Å². The Kier molecular flexibility index (Phi) is 6.32. The van der Waals surface area contributed by atoms with Crippen molar-refractivity contribution in [1.82, 2.24) is 0 Å². The lowest BCUT2D eigenvalue weighted by atomic mass is 10.1. The van der Waals surface area contributed by atoms with Gasteiger partial charge in [-0.15, -0.1) is 0 Å². The number of carbonyl (C=O) groups excluding carboxylic acids is 1. The molecule has 0 saturated heterocycles. The van der Waals surface area contributed by atoms with E-state index in [0.717, 1.165) is 19.1 Å². The third kappa shape index (κ3) is 4.87. The Morgan fingerprint density at radius 2 is 2.25 bits per heavy atom. The van der Waals surface area contributed by atoms with E-state index in [9.17, 15) is 4.79 Å². The van der Waals surface area contributed by atoms with Crippen molar-refractivity contribution < 1.29 is 9.53 Å². The van der Waals surface area contributed by atoms with Gasteiger partial charge in [0.15, 0.2) is 0 Å². The van der Waals surface area contributed by atoms with Crippen molar-refractivity contribution in [2.75, 3.05) is 6.54 Å². The first kappa shape index (κ1) is 11.1. The van der Waals surface area contributed by atoms with Crippen LogP contribution in [-0.2, 0) is 9.53 Å². The van der Waals surface area contributed by atoms with E-state index in [4.69, 9.17) is 11.5 Å². The standard InChI is InChI=1S/C8H16N2O2/c1-2-12-8(11)7(10)5-3-4-6-9/h2,7H,1,3-6,9-10H2/t7-/m0/s1. The molecule has 4 heteroatoms. The third-order valence-electron chi connectivity index (χ3n) is 1.47. The molecule has 4 nitrogen and oxygen atoms in total. The zero-order valence-electron chi connectivity index (χ0n) is 7.16. The molecule has 0 amide bonds. The first-order valence-electron chi connectivity index (χ1n) is 3.99. The van der Waals surface area contributed by atoms with Gasteiger partial charge in [0, 0.05) is 0 Å². The maximum atomic E-state index is 10.9. The fraction of sp³-hybridized carbons (Fsp3) is 0.625. The molecule has 0 aromatic carbocycles. The van der Waals surface area contributed by atoms with Crippen molar-refractivity contribution in [1.29, 1.82) is 0 Å². The van der Waals surface area contributed by atoms with Crippen LogP contribution in [0.4, 0.5) is 0 Å². The molecule has 0 unspecified atom stereocenters. The number of nitrogens with two attached hydrogens (primary N) is 2. The van der Waals surface area contributed by atoms with Gasteiger partial charge in [0.05, 0.1) is 6.26 Å². The zero-order chi connectivity index (χ0) is 9.40. The van der Waals surface area contributed by atoms with Crippen LogP contribution in [0.3, 0.4) is 0 Å². The van der Waals surface area contributed by atoms with Crippen molar-refractivity contribution in [2.45, 2.75) is 25.3 Å². The van der Waals surface area contributed by atoms with Gasteiger partial charge in [-0.2, -0.15) is 0 Å². The lowest BCUT2D eigenvalue weighted by Crippen LogP contribution is -2.31. The minimum atomic E-state index is -0.547. The van der Waals surface area contributed by atoms with Gasteiger partial charge in [-0.25, -0.2) is 4.79 Å². The molecule has 0 aromatic heterocycles. The predicted molar refractivity (Wildman–Crippen MR) is 47.2 cm³/mol. The number of ether oxygens (including phenoxy) is 1. The molecule has 0 aliphatic carbocycles. The highest BCUT2D eigenvalue weighted by atomic mass is 16.5. The lowest BCUT2D eigenvalue weighted by Gasteiger charge is -2.07. The maximum absolute atomic E-state index is 10.9. The van der Waals surface area contributed by atoms with Crippen molar-refractivity contribution in [3.05, 3.63) is 12.8 Å². The number of hydrogen-bond donors (Lipinski definition) is 2. The summed E-state index contributed by atoms with van der Waals surface area (Å²) in [6, 6.07) is -0.547. The van der Waals surface area contributed by atoms with Gasteiger partial charge in [0.2, 0.25) is 0 Å². The number of hydrogen-bond acceptors (Lipinski definition) is 4. The van der Waals surface area contributed by atoms with E-state index in [0.29, 0.717) is 13.0 Å².